The zero-order chi connectivity index (χ0) is 10.1. The fraction of sp³-hybridized carbons (Fsp3) is 0.455. The number of hydrogen-bond donors (Lipinski definition) is 1. The summed E-state index contributed by atoms with van der Waals surface area (Å²) in [6, 6.07) is 5.46. The molecule has 0 amide bonds. The topological polar surface area (TPSA) is 29.3 Å². The predicted octanol–water partition coefficient (Wildman–Crippen LogP) is 1.88. The lowest BCUT2D eigenvalue weighted by Gasteiger charge is -2.21. The molecule has 2 nitrogen and oxygen atoms in total. The fourth-order valence-electron chi connectivity index (χ4n) is 1.72. The Kier molecular flexibility index (Phi) is 2.42. The normalized spacial score (nSPS) is 15.6. The van der Waals surface area contributed by atoms with Crippen LogP contribution in [0.4, 0.5) is 10.1 Å². The zero-order valence-electron chi connectivity index (χ0n) is 8.33. The average Bonchev–Trinajstić information content (AvgIpc) is 3.00. The summed E-state index contributed by atoms with van der Waals surface area (Å²) in [4.78, 5) is 2.20. The molecule has 1 saturated carbocycles. The minimum Gasteiger partial charge on any atom is -0.371 e. The lowest BCUT2D eigenvalue weighted by molar-refractivity contribution is 0.625. The van der Waals surface area contributed by atoms with E-state index >= 15 is 0 Å². The van der Waals surface area contributed by atoms with Gasteiger partial charge in [-0.05, 0) is 36.6 Å². The van der Waals surface area contributed by atoms with Crippen LogP contribution in [0.2, 0.25) is 0 Å². The Morgan fingerprint density at radius 3 is 2.79 bits per heavy atom. The fourth-order valence-corrected chi connectivity index (χ4v) is 1.72. The molecule has 0 radical (unpaired) electrons. The van der Waals surface area contributed by atoms with Gasteiger partial charge in [0.05, 0.1) is 0 Å². The monoisotopic (exact) mass is 194 g/mol. The third kappa shape index (κ3) is 1.73. The second-order valence-electron chi connectivity index (χ2n) is 3.82. The molecule has 0 saturated heterocycles. The Labute approximate surface area is 83.5 Å². The SMILES string of the molecule is CN(c1ccc(F)cc1CN)C1CC1. The van der Waals surface area contributed by atoms with Gasteiger partial charge in [-0.2, -0.15) is 0 Å². The first kappa shape index (κ1) is 9.46. The van der Waals surface area contributed by atoms with Crippen LogP contribution in [-0.4, -0.2) is 13.1 Å². The molecular formula is C11H15FN2. The van der Waals surface area contributed by atoms with Gasteiger partial charge in [0.2, 0.25) is 0 Å². The average molecular weight is 194 g/mol. The maximum absolute atomic E-state index is 12.9. The Bertz CT molecular complexity index is 334. The quantitative estimate of drug-likeness (QED) is 0.796. The zero-order valence-corrected chi connectivity index (χ0v) is 8.33. The molecular weight excluding hydrogens is 179 g/mol. The summed E-state index contributed by atoms with van der Waals surface area (Å²) in [5.74, 6) is -0.210. The van der Waals surface area contributed by atoms with Gasteiger partial charge in [0.1, 0.15) is 5.82 Å². The Morgan fingerprint density at radius 2 is 2.21 bits per heavy atom. The van der Waals surface area contributed by atoms with Gasteiger partial charge in [0.25, 0.3) is 0 Å². The largest absolute Gasteiger partial charge is 0.371 e. The molecule has 0 aliphatic heterocycles. The summed E-state index contributed by atoms with van der Waals surface area (Å²) in [7, 11) is 2.05. The van der Waals surface area contributed by atoms with Crippen molar-refractivity contribution in [3.8, 4) is 0 Å². The van der Waals surface area contributed by atoms with E-state index in [-0.39, 0.29) is 5.82 Å². The van der Waals surface area contributed by atoms with Gasteiger partial charge in [-0.25, -0.2) is 4.39 Å². The van der Waals surface area contributed by atoms with Crippen LogP contribution < -0.4 is 10.6 Å². The van der Waals surface area contributed by atoms with Crippen LogP contribution in [0.5, 0.6) is 0 Å². The number of hydrogen-bond acceptors (Lipinski definition) is 2. The van der Waals surface area contributed by atoms with Gasteiger partial charge in [-0.3, -0.25) is 0 Å². The number of anilines is 1. The van der Waals surface area contributed by atoms with Crippen molar-refractivity contribution in [3.05, 3.63) is 29.6 Å². The minimum absolute atomic E-state index is 0.210. The van der Waals surface area contributed by atoms with E-state index in [0.717, 1.165) is 11.3 Å². The maximum atomic E-state index is 12.9. The second-order valence-corrected chi connectivity index (χ2v) is 3.82. The Hall–Kier alpha value is -1.09. The molecule has 14 heavy (non-hydrogen) atoms. The van der Waals surface area contributed by atoms with E-state index in [2.05, 4.69) is 4.90 Å². The lowest BCUT2D eigenvalue weighted by Crippen LogP contribution is -2.21. The molecule has 0 atom stereocenters. The highest BCUT2D eigenvalue weighted by Crippen LogP contribution is 2.32. The molecule has 1 aliphatic rings. The van der Waals surface area contributed by atoms with Crippen LogP contribution in [-0.2, 0) is 6.54 Å². The minimum atomic E-state index is -0.210. The van der Waals surface area contributed by atoms with Crippen LogP contribution in [0.1, 0.15) is 18.4 Å². The van der Waals surface area contributed by atoms with Crippen LogP contribution in [0, 0.1) is 5.82 Å². The number of nitrogens with zero attached hydrogens (tertiary/aromatic N) is 1. The summed E-state index contributed by atoms with van der Waals surface area (Å²) in [6.07, 6.45) is 2.47. The first-order chi connectivity index (χ1) is 6.72. The van der Waals surface area contributed by atoms with Crippen LogP contribution >= 0.6 is 0 Å². The Morgan fingerprint density at radius 1 is 1.50 bits per heavy atom. The second kappa shape index (κ2) is 3.58. The molecule has 2 N–H and O–H groups in total. The summed E-state index contributed by atoms with van der Waals surface area (Å²) in [6.45, 7) is 0.393. The number of nitrogens with two attached hydrogens (primary N) is 1. The molecule has 0 bridgehead atoms. The van der Waals surface area contributed by atoms with E-state index < -0.39 is 0 Å². The van der Waals surface area contributed by atoms with E-state index in [1.165, 1.54) is 25.0 Å². The van der Waals surface area contributed by atoms with E-state index in [4.69, 9.17) is 5.73 Å². The van der Waals surface area contributed by atoms with Crippen molar-refractivity contribution in [2.24, 2.45) is 5.73 Å². The summed E-state index contributed by atoms with van der Waals surface area (Å²) in [5.41, 5.74) is 7.54. The smallest absolute Gasteiger partial charge is 0.123 e. The van der Waals surface area contributed by atoms with Gasteiger partial charge in [0.15, 0.2) is 0 Å². The first-order valence-electron chi connectivity index (χ1n) is 4.93. The summed E-state index contributed by atoms with van der Waals surface area (Å²) >= 11 is 0. The van der Waals surface area contributed by atoms with Gasteiger partial charge in [-0.1, -0.05) is 0 Å². The van der Waals surface area contributed by atoms with E-state index in [9.17, 15) is 4.39 Å². The van der Waals surface area contributed by atoms with Crippen molar-refractivity contribution in [2.45, 2.75) is 25.4 Å². The third-order valence-corrected chi connectivity index (χ3v) is 2.74. The molecule has 0 unspecified atom stereocenters. The number of rotatable bonds is 3. The van der Waals surface area contributed by atoms with Gasteiger partial charge < -0.3 is 10.6 Å². The third-order valence-electron chi connectivity index (χ3n) is 2.74. The summed E-state index contributed by atoms with van der Waals surface area (Å²) < 4.78 is 12.9. The van der Waals surface area contributed by atoms with E-state index in [1.54, 1.807) is 0 Å². The van der Waals surface area contributed by atoms with Gasteiger partial charge >= 0.3 is 0 Å². The van der Waals surface area contributed by atoms with Crippen molar-refractivity contribution in [2.75, 3.05) is 11.9 Å². The van der Waals surface area contributed by atoms with Crippen molar-refractivity contribution in [1.29, 1.82) is 0 Å². The van der Waals surface area contributed by atoms with Crippen molar-refractivity contribution in [1.82, 2.24) is 0 Å². The van der Waals surface area contributed by atoms with Crippen molar-refractivity contribution in [3.63, 3.8) is 0 Å². The van der Waals surface area contributed by atoms with Crippen LogP contribution in [0.3, 0.4) is 0 Å². The molecule has 0 aromatic heterocycles. The molecule has 1 fully saturated rings. The van der Waals surface area contributed by atoms with Gasteiger partial charge in [-0.15, -0.1) is 0 Å². The molecule has 1 aromatic carbocycles. The van der Waals surface area contributed by atoms with E-state index in [0.29, 0.717) is 12.6 Å². The number of halogens is 1. The highest BCUT2D eigenvalue weighted by molar-refractivity contribution is 5.54. The van der Waals surface area contributed by atoms with E-state index in [1.807, 2.05) is 13.1 Å². The van der Waals surface area contributed by atoms with Crippen LogP contribution in [0.15, 0.2) is 18.2 Å². The van der Waals surface area contributed by atoms with Crippen molar-refractivity contribution >= 4 is 5.69 Å². The maximum Gasteiger partial charge on any atom is 0.123 e. The molecule has 0 heterocycles. The van der Waals surface area contributed by atoms with Gasteiger partial charge in [0, 0.05) is 25.3 Å². The molecule has 76 valence electrons. The Balaban J connectivity index is 2.30. The van der Waals surface area contributed by atoms with Crippen molar-refractivity contribution < 1.29 is 4.39 Å². The molecule has 1 aromatic rings. The number of benzene rings is 1. The summed E-state index contributed by atoms with van der Waals surface area (Å²) in [5, 5.41) is 0. The predicted molar refractivity (Wildman–Crippen MR) is 55.7 cm³/mol. The molecule has 1 aliphatic carbocycles. The highest BCUT2D eigenvalue weighted by atomic mass is 19.1. The highest BCUT2D eigenvalue weighted by Gasteiger charge is 2.27. The molecule has 0 spiro atoms. The van der Waals surface area contributed by atoms with Crippen LogP contribution in [0.25, 0.3) is 0 Å². The molecule has 3 heteroatoms. The first-order valence-corrected chi connectivity index (χ1v) is 4.93. The standard InChI is InChI=1S/C11H15FN2/c1-14(10-3-4-10)11-5-2-9(12)6-8(11)7-13/h2,5-6,10H,3-4,7,13H2,1H3. The lowest BCUT2D eigenvalue weighted by atomic mass is 10.1. The molecule has 2 rings (SSSR count).